The number of carbonyl (C=O) groups is 1. The fraction of sp³-hybridized carbons (Fsp3) is 0.545. The lowest BCUT2D eigenvalue weighted by Crippen LogP contribution is -2.27. The quantitative estimate of drug-likeness (QED) is 0.683. The van der Waals surface area contributed by atoms with E-state index in [1.54, 1.807) is 13.3 Å². The molecule has 1 heterocycles. The van der Waals surface area contributed by atoms with Gasteiger partial charge in [-0.1, -0.05) is 6.92 Å². The van der Waals surface area contributed by atoms with E-state index < -0.39 is 0 Å². The molecule has 0 saturated heterocycles. The van der Waals surface area contributed by atoms with Crippen molar-refractivity contribution in [1.29, 1.82) is 0 Å². The standard InChI is InChI=1S/C11H18N4O2/c1-3-4-12-10-8-14-9(7-15-10)11(16)13-5-6-17-2/h7-8H,3-6H2,1-2H3,(H,12,15)(H,13,16). The Balaban J connectivity index is 2.46. The topological polar surface area (TPSA) is 76.1 Å². The molecule has 0 aliphatic heterocycles. The van der Waals surface area contributed by atoms with Gasteiger partial charge in [0.25, 0.3) is 5.91 Å². The Morgan fingerprint density at radius 2 is 2.18 bits per heavy atom. The van der Waals surface area contributed by atoms with E-state index in [9.17, 15) is 4.79 Å². The molecule has 1 aromatic heterocycles. The zero-order valence-electron chi connectivity index (χ0n) is 10.2. The third kappa shape index (κ3) is 4.78. The molecule has 0 spiro atoms. The van der Waals surface area contributed by atoms with Gasteiger partial charge >= 0.3 is 0 Å². The summed E-state index contributed by atoms with van der Waals surface area (Å²) in [5.74, 6) is 0.442. The van der Waals surface area contributed by atoms with Crippen LogP contribution in [0.1, 0.15) is 23.8 Å². The van der Waals surface area contributed by atoms with Crippen molar-refractivity contribution in [2.45, 2.75) is 13.3 Å². The Morgan fingerprint density at radius 1 is 1.35 bits per heavy atom. The fourth-order valence-corrected chi connectivity index (χ4v) is 1.15. The van der Waals surface area contributed by atoms with Gasteiger partial charge in [0.15, 0.2) is 0 Å². The van der Waals surface area contributed by atoms with E-state index >= 15 is 0 Å². The Kier molecular flexibility index (Phi) is 5.95. The van der Waals surface area contributed by atoms with Crippen molar-refractivity contribution in [3.8, 4) is 0 Å². The minimum atomic E-state index is -0.239. The lowest BCUT2D eigenvalue weighted by molar-refractivity contribution is 0.0932. The first-order valence-corrected chi connectivity index (χ1v) is 5.61. The lowest BCUT2D eigenvalue weighted by atomic mass is 10.4. The summed E-state index contributed by atoms with van der Waals surface area (Å²) in [6.45, 7) is 3.86. The molecule has 0 aromatic carbocycles. The number of ether oxygens (including phenoxy) is 1. The Hall–Kier alpha value is -1.69. The number of methoxy groups -OCH3 is 1. The second kappa shape index (κ2) is 7.56. The van der Waals surface area contributed by atoms with Crippen LogP contribution in [0.5, 0.6) is 0 Å². The number of nitrogens with zero attached hydrogens (tertiary/aromatic N) is 2. The first-order chi connectivity index (χ1) is 8.27. The average molecular weight is 238 g/mol. The maximum Gasteiger partial charge on any atom is 0.271 e. The van der Waals surface area contributed by atoms with Gasteiger partial charge in [-0.3, -0.25) is 4.79 Å². The van der Waals surface area contributed by atoms with Crippen molar-refractivity contribution >= 4 is 11.7 Å². The highest BCUT2D eigenvalue weighted by molar-refractivity contribution is 5.91. The fourth-order valence-electron chi connectivity index (χ4n) is 1.15. The van der Waals surface area contributed by atoms with Crippen LogP contribution in [0, 0.1) is 0 Å². The van der Waals surface area contributed by atoms with Crippen molar-refractivity contribution in [3.63, 3.8) is 0 Å². The summed E-state index contributed by atoms with van der Waals surface area (Å²) in [6, 6.07) is 0. The number of anilines is 1. The van der Waals surface area contributed by atoms with Gasteiger partial charge in [-0.15, -0.1) is 0 Å². The SMILES string of the molecule is CCCNc1cnc(C(=O)NCCOC)cn1. The van der Waals surface area contributed by atoms with E-state index in [1.165, 1.54) is 6.20 Å². The van der Waals surface area contributed by atoms with E-state index in [0.717, 1.165) is 13.0 Å². The Morgan fingerprint density at radius 3 is 2.76 bits per heavy atom. The highest BCUT2D eigenvalue weighted by atomic mass is 16.5. The van der Waals surface area contributed by atoms with E-state index in [0.29, 0.717) is 24.7 Å². The third-order valence-electron chi connectivity index (χ3n) is 2.03. The minimum absolute atomic E-state index is 0.239. The number of carbonyl (C=O) groups excluding carboxylic acids is 1. The minimum Gasteiger partial charge on any atom is -0.383 e. The lowest BCUT2D eigenvalue weighted by Gasteiger charge is -2.05. The smallest absolute Gasteiger partial charge is 0.271 e. The highest BCUT2D eigenvalue weighted by Gasteiger charge is 2.06. The first-order valence-electron chi connectivity index (χ1n) is 5.61. The molecule has 0 aliphatic rings. The monoisotopic (exact) mass is 238 g/mol. The Labute approximate surface area is 101 Å². The van der Waals surface area contributed by atoms with E-state index in [1.807, 2.05) is 0 Å². The molecular weight excluding hydrogens is 220 g/mol. The molecule has 0 atom stereocenters. The van der Waals surface area contributed by atoms with Crippen molar-refractivity contribution < 1.29 is 9.53 Å². The second-order valence-corrected chi connectivity index (χ2v) is 3.46. The molecule has 0 bridgehead atoms. The molecule has 1 amide bonds. The van der Waals surface area contributed by atoms with Crippen LogP contribution in [0.15, 0.2) is 12.4 Å². The van der Waals surface area contributed by atoms with Gasteiger partial charge in [0.2, 0.25) is 0 Å². The average Bonchev–Trinajstić information content (AvgIpc) is 2.37. The van der Waals surface area contributed by atoms with Crippen LogP contribution in [-0.4, -0.2) is 42.7 Å². The summed E-state index contributed by atoms with van der Waals surface area (Å²) in [5, 5.41) is 5.76. The summed E-state index contributed by atoms with van der Waals surface area (Å²) in [4.78, 5) is 19.7. The van der Waals surface area contributed by atoms with Crippen LogP contribution in [0.4, 0.5) is 5.82 Å². The van der Waals surface area contributed by atoms with Crippen molar-refractivity contribution in [2.75, 3.05) is 32.1 Å². The zero-order valence-corrected chi connectivity index (χ0v) is 10.2. The molecule has 94 valence electrons. The molecule has 17 heavy (non-hydrogen) atoms. The predicted octanol–water partition coefficient (Wildman–Crippen LogP) is 0.675. The van der Waals surface area contributed by atoms with Gasteiger partial charge in [0.1, 0.15) is 11.5 Å². The van der Waals surface area contributed by atoms with Gasteiger partial charge in [-0.25, -0.2) is 9.97 Å². The molecule has 6 nitrogen and oxygen atoms in total. The third-order valence-corrected chi connectivity index (χ3v) is 2.03. The largest absolute Gasteiger partial charge is 0.383 e. The summed E-state index contributed by atoms with van der Waals surface area (Å²) in [7, 11) is 1.58. The van der Waals surface area contributed by atoms with Crippen molar-refractivity contribution in [1.82, 2.24) is 15.3 Å². The van der Waals surface area contributed by atoms with Crippen LogP contribution >= 0.6 is 0 Å². The summed E-state index contributed by atoms with van der Waals surface area (Å²) in [5.41, 5.74) is 0.308. The van der Waals surface area contributed by atoms with E-state index in [-0.39, 0.29) is 5.91 Å². The number of hydrogen-bond donors (Lipinski definition) is 2. The summed E-state index contributed by atoms with van der Waals surface area (Å²) in [6.07, 6.45) is 4.03. The van der Waals surface area contributed by atoms with Crippen molar-refractivity contribution in [3.05, 3.63) is 18.1 Å². The number of nitrogens with one attached hydrogen (secondary N) is 2. The van der Waals surface area contributed by atoms with Crippen LogP contribution in [0.25, 0.3) is 0 Å². The van der Waals surface area contributed by atoms with Crippen LogP contribution in [-0.2, 0) is 4.74 Å². The number of rotatable bonds is 7. The molecule has 2 N–H and O–H groups in total. The first kappa shape index (κ1) is 13.4. The maximum atomic E-state index is 11.6. The van der Waals surface area contributed by atoms with Gasteiger partial charge < -0.3 is 15.4 Å². The van der Waals surface area contributed by atoms with Gasteiger partial charge in [0, 0.05) is 20.2 Å². The second-order valence-electron chi connectivity index (χ2n) is 3.46. The molecule has 1 rings (SSSR count). The predicted molar refractivity (Wildman–Crippen MR) is 65.0 cm³/mol. The molecule has 0 aliphatic carbocycles. The van der Waals surface area contributed by atoms with Gasteiger partial charge in [-0.05, 0) is 6.42 Å². The van der Waals surface area contributed by atoms with Gasteiger partial charge in [-0.2, -0.15) is 0 Å². The molecular formula is C11H18N4O2. The summed E-state index contributed by atoms with van der Waals surface area (Å²) >= 11 is 0. The van der Waals surface area contributed by atoms with E-state index in [2.05, 4.69) is 27.5 Å². The van der Waals surface area contributed by atoms with Crippen LogP contribution in [0.2, 0.25) is 0 Å². The molecule has 1 aromatic rings. The molecule has 0 saturated carbocycles. The molecule has 0 fully saturated rings. The zero-order chi connectivity index (χ0) is 12.5. The molecule has 0 unspecified atom stereocenters. The number of amides is 1. The number of aromatic nitrogens is 2. The molecule has 6 heteroatoms. The van der Waals surface area contributed by atoms with Crippen molar-refractivity contribution in [2.24, 2.45) is 0 Å². The molecule has 0 radical (unpaired) electrons. The van der Waals surface area contributed by atoms with E-state index in [4.69, 9.17) is 4.74 Å². The summed E-state index contributed by atoms with van der Waals surface area (Å²) < 4.78 is 4.83. The number of hydrogen-bond acceptors (Lipinski definition) is 5. The highest BCUT2D eigenvalue weighted by Crippen LogP contribution is 2.00. The van der Waals surface area contributed by atoms with Crippen LogP contribution in [0.3, 0.4) is 0 Å². The Bertz CT molecular complexity index is 340. The van der Waals surface area contributed by atoms with Crippen LogP contribution < -0.4 is 10.6 Å². The normalized spacial score (nSPS) is 10.0. The van der Waals surface area contributed by atoms with Gasteiger partial charge in [0.05, 0.1) is 19.0 Å². The maximum absolute atomic E-state index is 11.6.